The first-order valence-corrected chi connectivity index (χ1v) is 8.74. The molecule has 0 spiro atoms. The molecule has 1 aliphatic rings. The summed E-state index contributed by atoms with van der Waals surface area (Å²) in [6.07, 6.45) is -4.70. The summed E-state index contributed by atoms with van der Waals surface area (Å²) in [7, 11) is 0. The molecule has 1 heterocycles. The summed E-state index contributed by atoms with van der Waals surface area (Å²) in [6, 6.07) is 14.1. The van der Waals surface area contributed by atoms with E-state index in [2.05, 4.69) is 5.32 Å². The van der Waals surface area contributed by atoms with E-state index < -0.39 is 28.8 Å². The molecule has 0 radical (unpaired) electrons. The lowest BCUT2D eigenvalue weighted by atomic mass is 9.83. The topological polar surface area (TPSA) is 49.3 Å². The number of hydrogen-bond acceptors (Lipinski definition) is 2. The molecule has 0 aromatic heterocycles. The third kappa shape index (κ3) is 2.41. The Hall–Kier alpha value is -2.13. The van der Waals surface area contributed by atoms with Crippen molar-refractivity contribution in [1.29, 1.82) is 0 Å². The number of rotatable bonds is 1. The van der Waals surface area contributed by atoms with Crippen LogP contribution in [0.4, 0.5) is 18.9 Å². The van der Waals surface area contributed by atoms with Gasteiger partial charge in [-0.3, -0.25) is 4.79 Å². The lowest BCUT2D eigenvalue weighted by Crippen LogP contribution is -2.36. The lowest BCUT2D eigenvalue weighted by Gasteiger charge is -2.25. The van der Waals surface area contributed by atoms with Gasteiger partial charge in [-0.25, -0.2) is 0 Å². The van der Waals surface area contributed by atoms with E-state index in [4.69, 9.17) is 0 Å². The van der Waals surface area contributed by atoms with E-state index in [1.54, 1.807) is 24.3 Å². The Balaban J connectivity index is 2.03. The van der Waals surface area contributed by atoms with Gasteiger partial charge in [0.2, 0.25) is 0 Å². The highest BCUT2D eigenvalue weighted by Gasteiger charge is 2.53. The summed E-state index contributed by atoms with van der Waals surface area (Å²) in [5.41, 5.74) is -3.79. The standard InChI is InChI=1S/C19H11F3INO2/c20-19(21,22)13-7-8-14(23)16-15(13)18(26,17(25)24-16)12-6-5-10-3-1-2-4-11(10)9-12/h1-9,26H,(H,24,25). The Morgan fingerprint density at radius 3 is 2.38 bits per heavy atom. The first kappa shape index (κ1) is 17.3. The smallest absolute Gasteiger partial charge is 0.372 e. The van der Waals surface area contributed by atoms with Gasteiger partial charge in [-0.05, 0) is 57.1 Å². The van der Waals surface area contributed by atoms with E-state index in [9.17, 15) is 23.1 Å². The van der Waals surface area contributed by atoms with Gasteiger partial charge in [-0.2, -0.15) is 13.2 Å². The molecule has 3 aromatic carbocycles. The first-order valence-electron chi connectivity index (χ1n) is 7.66. The Bertz CT molecular complexity index is 1060. The first-order chi connectivity index (χ1) is 12.2. The van der Waals surface area contributed by atoms with Gasteiger partial charge in [0.25, 0.3) is 5.91 Å². The van der Waals surface area contributed by atoms with Crippen LogP contribution in [0.5, 0.6) is 0 Å². The summed E-state index contributed by atoms with van der Waals surface area (Å²) >= 11 is 1.84. The second kappa shape index (κ2) is 5.68. The molecule has 1 aliphatic heterocycles. The van der Waals surface area contributed by atoms with E-state index in [-0.39, 0.29) is 11.3 Å². The molecule has 1 amide bonds. The van der Waals surface area contributed by atoms with Crippen LogP contribution in [0.2, 0.25) is 0 Å². The molecule has 26 heavy (non-hydrogen) atoms. The molecule has 0 saturated carbocycles. The second-order valence-electron chi connectivity index (χ2n) is 6.07. The van der Waals surface area contributed by atoms with Crippen LogP contribution >= 0.6 is 22.6 Å². The highest BCUT2D eigenvalue weighted by atomic mass is 127. The van der Waals surface area contributed by atoms with Gasteiger partial charge in [0.05, 0.1) is 11.3 Å². The largest absolute Gasteiger partial charge is 0.416 e. The van der Waals surface area contributed by atoms with Gasteiger partial charge in [-0.1, -0.05) is 36.4 Å². The van der Waals surface area contributed by atoms with Crippen molar-refractivity contribution >= 4 is 45.0 Å². The second-order valence-corrected chi connectivity index (χ2v) is 7.23. The van der Waals surface area contributed by atoms with Crippen molar-refractivity contribution in [3.63, 3.8) is 0 Å². The third-order valence-corrected chi connectivity index (χ3v) is 5.46. The fourth-order valence-corrected chi connectivity index (χ4v) is 3.90. The van der Waals surface area contributed by atoms with Gasteiger partial charge in [0, 0.05) is 9.13 Å². The molecule has 0 aliphatic carbocycles. The van der Waals surface area contributed by atoms with Crippen LogP contribution in [-0.2, 0) is 16.6 Å². The van der Waals surface area contributed by atoms with Crippen molar-refractivity contribution < 1.29 is 23.1 Å². The number of aliphatic hydroxyl groups is 1. The number of nitrogens with one attached hydrogen (secondary N) is 1. The summed E-state index contributed by atoms with van der Waals surface area (Å²) in [5.74, 6) is -0.891. The van der Waals surface area contributed by atoms with Crippen molar-refractivity contribution in [2.24, 2.45) is 0 Å². The number of benzene rings is 3. The molecule has 1 atom stereocenters. The van der Waals surface area contributed by atoms with E-state index in [1.165, 1.54) is 12.1 Å². The molecule has 0 fully saturated rings. The molecule has 0 bridgehead atoms. The molecular weight excluding hydrogens is 458 g/mol. The number of anilines is 1. The van der Waals surface area contributed by atoms with Crippen LogP contribution in [0, 0.1) is 3.57 Å². The van der Waals surface area contributed by atoms with E-state index in [1.807, 2.05) is 34.7 Å². The predicted octanol–water partition coefficient (Wildman–Crippen LogP) is 4.65. The van der Waals surface area contributed by atoms with Crippen molar-refractivity contribution in [1.82, 2.24) is 0 Å². The molecule has 3 nitrogen and oxygen atoms in total. The molecule has 2 N–H and O–H groups in total. The number of carbonyl (C=O) groups is 1. The Morgan fingerprint density at radius 1 is 1.00 bits per heavy atom. The van der Waals surface area contributed by atoms with Crippen molar-refractivity contribution in [2.75, 3.05) is 5.32 Å². The normalized spacial score (nSPS) is 19.5. The van der Waals surface area contributed by atoms with Gasteiger partial charge in [-0.15, -0.1) is 0 Å². The Morgan fingerprint density at radius 2 is 1.69 bits per heavy atom. The van der Waals surface area contributed by atoms with Gasteiger partial charge in [0.15, 0.2) is 5.60 Å². The molecular formula is C19H11F3INO2. The zero-order valence-electron chi connectivity index (χ0n) is 13.1. The third-order valence-electron chi connectivity index (χ3n) is 4.56. The summed E-state index contributed by atoms with van der Waals surface area (Å²) in [5, 5.41) is 15.2. The van der Waals surface area contributed by atoms with Gasteiger partial charge < -0.3 is 10.4 Å². The summed E-state index contributed by atoms with van der Waals surface area (Å²) in [6.45, 7) is 0. The zero-order chi connectivity index (χ0) is 18.7. The SMILES string of the molecule is O=C1Nc2c(I)ccc(C(F)(F)F)c2C1(O)c1ccc2ccccc2c1. The van der Waals surface area contributed by atoms with Crippen LogP contribution in [-0.4, -0.2) is 11.0 Å². The maximum atomic E-state index is 13.6. The van der Waals surface area contributed by atoms with Crippen LogP contribution in [0.15, 0.2) is 54.6 Å². The summed E-state index contributed by atoms with van der Waals surface area (Å²) < 4.78 is 41.1. The average Bonchev–Trinajstić information content (AvgIpc) is 2.87. The predicted molar refractivity (Wildman–Crippen MR) is 99.7 cm³/mol. The van der Waals surface area contributed by atoms with E-state index in [0.717, 1.165) is 16.8 Å². The lowest BCUT2D eigenvalue weighted by molar-refractivity contribution is -0.141. The fourth-order valence-electron chi connectivity index (χ4n) is 3.32. The number of carbonyl (C=O) groups excluding carboxylic acids is 1. The zero-order valence-corrected chi connectivity index (χ0v) is 15.2. The highest BCUT2D eigenvalue weighted by Crippen LogP contribution is 2.49. The van der Waals surface area contributed by atoms with Crippen molar-refractivity contribution in [2.45, 2.75) is 11.8 Å². The number of halogens is 4. The molecule has 132 valence electrons. The van der Waals surface area contributed by atoms with E-state index >= 15 is 0 Å². The summed E-state index contributed by atoms with van der Waals surface area (Å²) in [4.78, 5) is 12.6. The van der Waals surface area contributed by atoms with Crippen molar-refractivity contribution in [3.8, 4) is 0 Å². The monoisotopic (exact) mass is 469 g/mol. The van der Waals surface area contributed by atoms with Crippen molar-refractivity contribution in [3.05, 3.63) is 74.9 Å². The Kier molecular flexibility index (Phi) is 3.78. The minimum atomic E-state index is -4.70. The average molecular weight is 469 g/mol. The van der Waals surface area contributed by atoms with Crippen LogP contribution in [0.25, 0.3) is 10.8 Å². The fraction of sp³-hybridized carbons (Fsp3) is 0.105. The Labute approximate surface area is 160 Å². The van der Waals surface area contributed by atoms with Gasteiger partial charge in [0.1, 0.15) is 0 Å². The molecule has 4 rings (SSSR count). The number of alkyl halides is 3. The molecule has 3 aromatic rings. The minimum absolute atomic E-state index is 0.00100. The molecule has 7 heteroatoms. The van der Waals surface area contributed by atoms with Crippen LogP contribution in [0.3, 0.4) is 0 Å². The highest BCUT2D eigenvalue weighted by molar-refractivity contribution is 14.1. The number of amides is 1. The minimum Gasteiger partial charge on any atom is -0.372 e. The number of fused-ring (bicyclic) bond motifs is 2. The maximum absolute atomic E-state index is 13.6. The quantitative estimate of drug-likeness (QED) is 0.510. The van der Waals surface area contributed by atoms with Crippen LogP contribution < -0.4 is 5.32 Å². The molecule has 1 unspecified atom stereocenters. The van der Waals surface area contributed by atoms with E-state index in [0.29, 0.717) is 3.57 Å². The number of hydrogen-bond donors (Lipinski definition) is 2. The van der Waals surface area contributed by atoms with Crippen LogP contribution in [0.1, 0.15) is 16.7 Å². The van der Waals surface area contributed by atoms with Gasteiger partial charge >= 0.3 is 6.18 Å². The molecule has 0 saturated heterocycles. The maximum Gasteiger partial charge on any atom is 0.416 e.